The predicted octanol–water partition coefficient (Wildman–Crippen LogP) is 3.06. The van der Waals surface area contributed by atoms with E-state index in [1.165, 1.54) is 16.2 Å². The van der Waals surface area contributed by atoms with Crippen LogP contribution in [0.25, 0.3) is 10.2 Å². The highest BCUT2D eigenvalue weighted by Gasteiger charge is 2.34. The second-order valence-electron chi connectivity index (χ2n) is 8.06. The van der Waals surface area contributed by atoms with E-state index in [1.54, 1.807) is 14.1 Å². The van der Waals surface area contributed by atoms with E-state index in [1.807, 2.05) is 17.0 Å². The minimum atomic E-state index is -0.110. The molecule has 0 spiro atoms. The van der Waals surface area contributed by atoms with Crippen LogP contribution >= 0.6 is 11.3 Å². The van der Waals surface area contributed by atoms with Crippen LogP contribution in [0.5, 0.6) is 0 Å². The van der Waals surface area contributed by atoms with Gasteiger partial charge in [-0.25, -0.2) is 4.98 Å². The van der Waals surface area contributed by atoms with Gasteiger partial charge in [-0.15, -0.1) is 11.3 Å². The van der Waals surface area contributed by atoms with Crippen molar-refractivity contribution >= 4 is 39.1 Å². The number of nitrogen functional groups attached to an aromatic ring is 1. The maximum Gasteiger partial charge on any atom is 0.265 e. The predicted molar refractivity (Wildman–Crippen MR) is 114 cm³/mol. The number of fused-ring (bicyclic) bond motifs is 1. The van der Waals surface area contributed by atoms with Crippen molar-refractivity contribution in [1.29, 1.82) is 0 Å². The first kappa shape index (κ1) is 20.1. The van der Waals surface area contributed by atoms with Crippen molar-refractivity contribution in [2.24, 2.45) is 5.92 Å². The van der Waals surface area contributed by atoms with Crippen molar-refractivity contribution in [3.63, 3.8) is 0 Å². The molecule has 4 heterocycles. The van der Waals surface area contributed by atoms with Crippen molar-refractivity contribution in [2.75, 3.05) is 39.6 Å². The van der Waals surface area contributed by atoms with Gasteiger partial charge in [0.05, 0.1) is 17.4 Å². The van der Waals surface area contributed by atoms with E-state index < -0.39 is 0 Å². The molecule has 2 aliphatic heterocycles. The van der Waals surface area contributed by atoms with Crippen LogP contribution < -0.4 is 5.73 Å². The average molecular weight is 417 g/mol. The van der Waals surface area contributed by atoms with E-state index in [0.29, 0.717) is 23.8 Å². The maximum absolute atomic E-state index is 13.2. The first-order valence-electron chi connectivity index (χ1n) is 10.3. The van der Waals surface area contributed by atoms with Crippen LogP contribution in [0.4, 0.5) is 5.69 Å². The van der Waals surface area contributed by atoms with Gasteiger partial charge in [0.25, 0.3) is 5.91 Å². The lowest BCUT2D eigenvalue weighted by Gasteiger charge is -2.38. The largest absolute Gasteiger partial charge is 0.397 e. The fraction of sp³-hybridized carbons (Fsp3) is 0.571. The van der Waals surface area contributed by atoms with Crippen LogP contribution in [0.3, 0.4) is 0 Å². The second-order valence-corrected chi connectivity index (χ2v) is 9.06. The molecule has 0 bridgehead atoms. The van der Waals surface area contributed by atoms with Gasteiger partial charge in [0.1, 0.15) is 9.71 Å². The van der Waals surface area contributed by atoms with Crippen molar-refractivity contribution in [2.45, 2.75) is 38.1 Å². The lowest BCUT2D eigenvalue weighted by atomic mass is 9.93. The first-order chi connectivity index (χ1) is 14.0. The van der Waals surface area contributed by atoms with Crippen molar-refractivity contribution in [3.8, 4) is 0 Å². The Hall–Kier alpha value is -2.19. The van der Waals surface area contributed by atoms with E-state index in [9.17, 15) is 9.59 Å². The monoisotopic (exact) mass is 416 g/mol. The Morgan fingerprint density at radius 2 is 1.97 bits per heavy atom. The average Bonchev–Trinajstić information content (AvgIpc) is 3.09. The van der Waals surface area contributed by atoms with Gasteiger partial charge in [-0.2, -0.15) is 0 Å². The minimum absolute atomic E-state index is 0.0141. The van der Waals surface area contributed by atoms with E-state index in [-0.39, 0.29) is 23.8 Å². The lowest BCUT2D eigenvalue weighted by molar-refractivity contribution is -0.142. The second kappa shape index (κ2) is 8.28. The van der Waals surface area contributed by atoms with Crippen molar-refractivity contribution < 1.29 is 14.3 Å². The number of rotatable bonds is 3. The molecule has 2 N–H and O–H groups in total. The SMILES string of the molecule is CN(C)C(=O)c1sc2nc([C@H]3CCCCN3C(=O)C3CCOCC3)ccc2c1N. The van der Waals surface area contributed by atoms with Gasteiger partial charge in [-0.05, 0) is 44.2 Å². The number of thiophene rings is 1. The number of carbonyl (C=O) groups excluding carboxylic acids is 2. The summed E-state index contributed by atoms with van der Waals surface area (Å²) in [4.78, 5) is 35.3. The molecular weight excluding hydrogens is 388 g/mol. The Labute approximate surface area is 174 Å². The molecule has 2 aliphatic rings. The third-order valence-electron chi connectivity index (χ3n) is 5.91. The number of likely N-dealkylation sites (tertiary alicyclic amines) is 1. The summed E-state index contributed by atoms with van der Waals surface area (Å²) in [5.74, 6) is 0.171. The summed E-state index contributed by atoms with van der Waals surface area (Å²) in [6, 6.07) is 3.90. The molecule has 7 nitrogen and oxygen atoms in total. The molecule has 4 rings (SSSR count). The zero-order valence-electron chi connectivity index (χ0n) is 17.0. The van der Waals surface area contributed by atoms with Crippen LogP contribution in [0.1, 0.15) is 53.5 Å². The van der Waals surface area contributed by atoms with Gasteiger partial charge in [0.2, 0.25) is 5.91 Å². The normalized spacial score (nSPS) is 20.8. The van der Waals surface area contributed by atoms with Crippen LogP contribution in [0, 0.1) is 5.92 Å². The summed E-state index contributed by atoms with van der Waals surface area (Å²) >= 11 is 1.33. The van der Waals surface area contributed by atoms with Gasteiger partial charge >= 0.3 is 0 Å². The number of piperidine rings is 1. The number of carbonyl (C=O) groups is 2. The molecule has 2 saturated heterocycles. The van der Waals surface area contributed by atoms with Crippen molar-refractivity contribution in [3.05, 3.63) is 22.7 Å². The molecule has 2 amide bonds. The molecule has 0 saturated carbocycles. The van der Waals surface area contributed by atoms with Crippen molar-refractivity contribution in [1.82, 2.24) is 14.8 Å². The first-order valence-corrected chi connectivity index (χ1v) is 11.1. The summed E-state index contributed by atoms with van der Waals surface area (Å²) in [7, 11) is 3.43. The summed E-state index contributed by atoms with van der Waals surface area (Å²) < 4.78 is 5.42. The number of pyridine rings is 1. The fourth-order valence-corrected chi connectivity index (χ4v) is 5.36. The highest BCUT2D eigenvalue weighted by atomic mass is 32.1. The molecule has 1 atom stereocenters. The number of hydrogen-bond donors (Lipinski definition) is 1. The number of aromatic nitrogens is 1. The van der Waals surface area contributed by atoms with E-state index in [4.69, 9.17) is 15.5 Å². The maximum atomic E-state index is 13.2. The third kappa shape index (κ3) is 3.83. The molecule has 0 radical (unpaired) electrons. The van der Waals surface area contributed by atoms with E-state index in [0.717, 1.165) is 54.6 Å². The summed E-state index contributed by atoms with van der Waals surface area (Å²) in [6.45, 7) is 2.10. The Balaban J connectivity index is 1.64. The Bertz CT molecular complexity index is 920. The molecule has 0 aromatic carbocycles. The van der Waals surface area contributed by atoms with Gasteiger partial charge in [-0.1, -0.05) is 0 Å². The minimum Gasteiger partial charge on any atom is -0.397 e. The molecule has 0 unspecified atom stereocenters. The smallest absolute Gasteiger partial charge is 0.265 e. The molecule has 2 aromatic heterocycles. The topological polar surface area (TPSA) is 88.8 Å². The number of nitrogens with two attached hydrogens (primary N) is 1. The number of anilines is 1. The van der Waals surface area contributed by atoms with E-state index >= 15 is 0 Å². The summed E-state index contributed by atoms with van der Waals surface area (Å²) in [5.41, 5.74) is 7.60. The Morgan fingerprint density at radius 1 is 1.21 bits per heavy atom. The standard InChI is InChI=1S/C21H28N4O3S/c1-24(2)21(27)18-17(22)14-6-7-15(23-19(14)29-18)16-5-3-4-10-25(16)20(26)13-8-11-28-12-9-13/h6-7,13,16H,3-5,8-12,22H2,1-2H3/t16-/m1/s1. The summed E-state index contributed by atoms with van der Waals surface area (Å²) in [6.07, 6.45) is 4.62. The summed E-state index contributed by atoms with van der Waals surface area (Å²) in [5, 5.41) is 0.807. The number of amides is 2. The van der Waals surface area contributed by atoms with Crippen LogP contribution in [-0.4, -0.2) is 60.5 Å². The molecular formula is C21H28N4O3S. The molecule has 8 heteroatoms. The third-order valence-corrected chi connectivity index (χ3v) is 7.02. The number of hydrogen-bond acceptors (Lipinski definition) is 6. The highest BCUT2D eigenvalue weighted by molar-refractivity contribution is 7.21. The molecule has 2 aromatic rings. The molecule has 0 aliphatic carbocycles. The zero-order valence-corrected chi connectivity index (χ0v) is 17.8. The molecule has 29 heavy (non-hydrogen) atoms. The Kier molecular flexibility index (Phi) is 5.74. The van der Waals surface area contributed by atoms with Gasteiger partial charge in [0.15, 0.2) is 0 Å². The quantitative estimate of drug-likeness (QED) is 0.831. The number of ether oxygens (including phenoxy) is 1. The van der Waals surface area contributed by atoms with Crippen LogP contribution in [0.2, 0.25) is 0 Å². The van der Waals surface area contributed by atoms with Crippen LogP contribution in [-0.2, 0) is 9.53 Å². The number of nitrogens with zero attached hydrogens (tertiary/aromatic N) is 3. The molecule has 2 fully saturated rings. The van der Waals surface area contributed by atoms with Gasteiger partial charge < -0.3 is 20.3 Å². The zero-order chi connectivity index (χ0) is 20.5. The highest BCUT2D eigenvalue weighted by Crippen LogP contribution is 2.37. The van der Waals surface area contributed by atoms with Crippen LogP contribution in [0.15, 0.2) is 12.1 Å². The van der Waals surface area contributed by atoms with E-state index in [2.05, 4.69) is 0 Å². The fourth-order valence-electron chi connectivity index (χ4n) is 4.24. The van der Waals surface area contributed by atoms with Gasteiger partial charge in [0, 0.05) is 45.2 Å². The van der Waals surface area contributed by atoms with Gasteiger partial charge in [-0.3, -0.25) is 9.59 Å². The lowest BCUT2D eigenvalue weighted by Crippen LogP contribution is -2.43. The Morgan fingerprint density at radius 3 is 2.69 bits per heavy atom. The molecule has 156 valence electrons.